The van der Waals surface area contributed by atoms with Crippen molar-refractivity contribution in [1.29, 1.82) is 0 Å². The van der Waals surface area contributed by atoms with Crippen LogP contribution in [0.15, 0.2) is 33.6 Å². The number of sulfonamides is 1. The van der Waals surface area contributed by atoms with Gasteiger partial charge in [-0.1, -0.05) is 25.5 Å². The average Bonchev–Trinajstić information content (AvgIpc) is 2.41. The van der Waals surface area contributed by atoms with Gasteiger partial charge in [-0.2, -0.15) is 8.42 Å². The standard InChI is InChI=1S/C13H19N3O2S/c1-2-3-8-14-9-10-16-11-15-19(17,18)13-7-5-4-6-12(13)16/h4-7,11,14H,2-3,8-10H2,1H3. The maximum Gasteiger partial charge on any atom is 0.285 e. The molecule has 0 atom stereocenters. The van der Waals surface area contributed by atoms with Crippen molar-refractivity contribution in [3.05, 3.63) is 24.3 Å². The van der Waals surface area contributed by atoms with Crippen molar-refractivity contribution in [2.75, 3.05) is 24.5 Å². The molecular formula is C13H19N3O2S. The molecular weight excluding hydrogens is 262 g/mol. The first-order chi connectivity index (χ1) is 9.15. The summed E-state index contributed by atoms with van der Waals surface area (Å²) in [7, 11) is -3.51. The zero-order valence-electron chi connectivity index (χ0n) is 11.0. The minimum absolute atomic E-state index is 0.283. The Morgan fingerprint density at radius 3 is 2.84 bits per heavy atom. The first-order valence-corrected chi connectivity index (χ1v) is 7.96. The monoisotopic (exact) mass is 281 g/mol. The van der Waals surface area contributed by atoms with E-state index in [2.05, 4.69) is 16.6 Å². The van der Waals surface area contributed by atoms with Crippen molar-refractivity contribution in [1.82, 2.24) is 5.32 Å². The van der Waals surface area contributed by atoms with Crippen molar-refractivity contribution in [2.45, 2.75) is 24.7 Å². The molecule has 1 aliphatic rings. The van der Waals surface area contributed by atoms with Crippen molar-refractivity contribution in [3.63, 3.8) is 0 Å². The Morgan fingerprint density at radius 2 is 2.05 bits per heavy atom. The highest BCUT2D eigenvalue weighted by atomic mass is 32.2. The molecule has 0 amide bonds. The van der Waals surface area contributed by atoms with Gasteiger partial charge in [-0.15, -0.1) is 4.40 Å². The Labute approximate surface area is 114 Å². The highest BCUT2D eigenvalue weighted by Gasteiger charge is 2.24. The number of benzene rings is 1. The fourth-order valence-corrected chi connectivity index (χ4v) is 3.01. The van der Waals surface area contributed by atoms with Crippen LogP contribution in [-0.2, 0) is 10.0 Å². The van der Waals surface area contributed by atoms with Gasteiger partial charge in [0, 0.05) is 13.1 Å². The Morgan fingerprint density at radius 1 is 1.26 bits per heavy atom. The molecule has 6 heteroatoms. The molecule has 2 rings (SSSR count). The molecule has 1 aliphatic heterocycles. The van der Waals surface area contributed by atoms with Gasteiger partial charge in [-0.05, 0) is 25.1 Å². The molecule has 1 heterocycles. The maximum atomic E-state index is 11.8. The van der Waals surface area contributed by atoms with Gasteiger partial charge in [-0.3, -0.25) is 0 Å². The number of rotatable bonds is 6. The first kappa shape index (κ1) is 14.0. The minimum Gasteiger partial charge on any atom is -0.329 e. The number of anilines is 1. The largest absolute Gasteiger partial charge is 0.329 e. The van der Waals surface area contributed by atoms with E-state index in [9.17, 15) is 8.42 Å². The summed E-state index contributed by atoms with van der Waals surface area (Å²) in [6.07, 6.45) is 3.72. The Kier molecular flexibility index (Phi) is 4.55. The lowest BCUT2D eigenvalue weighted by molar-refractivity contribution is 0.596. The third kappa shape index (κ3) is 3.33. The fourth-order valence-electron chi connectivity index (χ4n) is 1.95. The molecule has 0 aromatic heterocycles. The van der Waals surface area contributed by atoms with Crippen LogP contribution < -0.4 is 10.2 Å². The van der Waals surface area contributed by atoms with Gasteiger partial charge in [0.25, 0.3) is 10.0 Å². The number of unbranched alkanes of at least 4 members (excludes halogenated alkanes) is 1. The molecule has 104 valence electrons. The molecule has 5 nitrogen and oxygen atoms in total. The Bertz CT molecular complexity index is 555. The number of para-hydroxylation sites is 1. The molecule has 1 aromatic carbocycles. The molecule has 0 radical (unpaired) electrons. The van der Waals surface area contributed by atoms with Crippen LogP contribution >= 0.6 is 0 Å². The van der Waals surface area contributed by atoms with E-state index in [4.69, 9.17) is 0 Å². The summed E-state index contributed by atoms with van der Waals surface area (Å²) in [5.41, 5.74) is 0.704. The maximum absolute atomic E-state index is 11.8. The summed E-state index contributed by atoms with van der Waals surface area (Å²) in [6.45, 7) is 4.65. The molecule has 0 unspecified atom stereocenters. The third-order valence-electron chi connectivity index (χ3n) is 3.01. The zero-order valence-corrected chi connectivity index (χ0v) is 11.9. The van der Waals surface area contributed by atoms with Crippen LogP contribution in [0.2, 0.25) is 0 Å². The highest BCUT2D eigenvalue weighted by molar-refractivity contribution is 7.90. The number of nitrogens with one attached hydrogen (secondary N) is 1. The summed E-state index contributed by atoms with van der Waals surface area (Å²) in [6, 6.07) is 6.96. The summed E-state index contributed by atoms with van der Waals surface area (Å²) in [5, 5.41) is 3.33. The second-order valence-corrected chi connectivity index (χ2v) is 6.06. The van der Waals surface area contributed by atoms with E-state index >= 15 is 0 Å². The van der Waals surface area contributed by atoms with E-state index in [1.54, 1.807) is 12.1 Å². The van der Waals surface area contributed by atoms with Crippen LogP contribution in [0, 0.1) is 0 Å². The van der Waals surface area contributed by atoms with Crippen LogP contribution in [0.25, 0.3) is 0 Å². The number of nitrogens with zero attached hydrogens (tertiary/aromatic N) is 2. The van der Waals surface area contributed by atoms with Crippen LogP contribution in [0.5, 0.6) is 0 Å². The SMILES string of the molecule is CCCCNCCN1C=NS(=O)(=O)c2ccccc21. The van der Waals surface area contributed by atoms with Gasteiger partial charge >= 0.3 is 0 Å². The van der Waals surface area contributed by atoms with Gasteiger partial charge < -0.3 is 10.2 Å². The molecule has 0 bridgehead atoms. The smallest absolute Gasteiger partial charge is 0.285 e. The van der Waals surface area contributed by atoms with E-state index in [0.717, 1.165) is 19.5 Å². The van der Waals surface area contributed by atoms with E-state index < -0.39 is 10.0 Å². The van der Waals surface area contributed by atoms with E-state index in [0.29, 0.717) is 12.2 Å². The lowest BCUT2D eigenvalue weighted by atomic mass is 10.3. The van der Waals surface area contributed by atoms with Gasteiger partial charge in [-0.25, -0.2) is 0 Å². The minimum atomic E-state index is -3.51. The number of hydrogen-bond acceptors (Lipinski definition) is 4. The molecule has 0 aliphatic carbocycles. The Hall–Kier alpha value is -1.40. The summed E-state index contributed by atoms with van der Waals surface area (Å²) in [4.78, 5) is 2.15. The molecule has 1 aromatic rings. The van der Waals surface area contributed by atoms with Crippen molar-refractivity contribution in [2.24, 2.45) is 4.40 Å². The molecule has 1 N–H and O–H groups in total. The van der Waals surface area contributed by atoms with Crippen LogP contribution in [0.1, 0.15) is 19.8 Å². The average molecular weight is 281 g/mol. The lowest BCUT2D eigenvalue weighted by Crippen LogP contribution is -2.34. The predicted octanol–water partition coefficient (Wildman–Crippen LogP) is 1.61. The summed E-state index contributed by atoms with van der Waals surface area (Å²) in [5.74, 6) is 0. The van der Waals surface area contributed by atoms with Crippen LogP contribution in [0.3, 0.4) is 0 Å². The van der Waals surface area contributed by atoms with Crippen LogP contribution in [-0.4, -0.2) is 34.4 Å². The van der Waals surface area contributed by atoms with Gasteiger partial charge in [0.15, 0.2) is 0 Å². The van der Waals surface area contributed by atoms with Gasteiger partial charge in [0.2, 0.25) is 0 Å². The van der Waals surface area contributed by atoms with Gasteiger partial charge in [0.1, 0.15) is 11.2 Å². The van der Waals surface area contributed by atoms with Crippen molar-refractivity contribution < 1.29 is 8.42 Å². The normalized spacial score (nSPS) is 16.4. The molecule has 0 fully saturated rings. The summed E-state index contributed by atoms with van der Waals surface area (Å²) >= 11 is 0. The molecule has 0 spiro atoms. The van der Waals surface area contributed by atoms with Crippen molar-refractivity contribution >= 4 is 22.0 Å². The molecule has 0 saturated heterocycles. The summed E-state index contributed by atoms with van der Waals surface area (Å²) < 4.78 is 27.2. The van der Waals surface area contributed by atoms with Crippen LogP contribution in [0.4, 0.5) is 5.69 Å². The fraction of sp³-hybridized carbons (Fsp3) is 0.462. The topological polar surface area (TPSA) is 61.8 Å². The van der Waals surface area contributed by atoms with E-state index in [-0.39, 0.29) is 4.90 Å². The second-order valence-electron chi connectivity index (χ2n) is 4.46. The molecule has 19 heavy (non-hydrogen) atoms. The third-order valence-corrected chi connectivity index (χ3v) is 4.29. The molecule has 0 saturated carbocycles. The van der Waals surface area contributed by atoms with E-state index in [1.165, 1.54) is 12.8 Å². The number of hydrogen-bond donors (Lipinski definition) is 1. The van der Waals surface area contributed by atoms with Crippen molar-refractivity contribution in [3.8, 4) is 0 Å². The van der Waals surface area contributed by atoms with Gasteiger partial charge in [0.05, 0.1) is 5.69 Å². The quantitative estimate of drug-likeness (QED) is 0.805. The van der Waals surface area contributed by atoms with E-state index in [1.807, 2.05) is 17.0 Å². The number of fused-ring (bicyclic) bond motifs is 1. The lowest BCUT2D eigenvalue weighted by Gasteiger charge is -2.25. The highest BCUT2D eigenvalue weighted by Crippen LogP contribution is 2.28. The Balaban J connectivity index is 2.04. The predicted molar refractivity (Wildman–Crippen MR) is 77.2 cm³/mol. The first-order valence-electron chi connectivity index (χ1n) is 6.52. The second kappa shape index (κ2) is 6.16. The zero-order chi connectivity index (χ0) is 13.7.